The van der Waals surface area contributed by atoms with Gasteiger partial charge in [0.25, 0.3) is 0 Å². The van der Waals surface area contributed by atoms with Crippen molar-refractivity contribution in [3.63, 3.8) is 0 Å². The van der Waals surface area contributed by atoms with Gasteiger partial charge in [0.05, 0.1) is 13.2 Å². The monoisotopic (exact) mass is 296 g/mol. The van der Waals surface area contributed by atoms with E-state index in [2.05, 4.69) is 9.69 Å². The molecule has 1 aromatic rings. The lowest BCUT2D eigenvalue weighted by molar-refractivity contribution is -0.134. The van der Waals surface area contributed by atoms with Crippen molar-refractivity contribution in [2.45, 2.75) is 25.2 Å². The highest BCUT2D eigenvalue weighted by Gasteiger charge is 2.30. The van der Waals surface area contributed by atoms with Gasteiger partial charge in [0.2, 0.25) is 5.91 Å². The standard InChI is InChI=1S/C13H20N4O2S/c14-12-11(9-1-2-9)13(20-16-12)15-4-3-10(18)17-5-7-19-8-6-17/h9,15H,1-8H2,(H2,14,16). The summed E-state index contributed by atoms with van der Waals surface area (Å²) in [6.07, 6.45) is 2.90. The Morgan fingerprint density at radius 2 is 2.20 bits per heavy atom. The third-order valence-corrected chi connectivity index (χ3v) is 4.56. The summed E-state index contributed by atoms with van der Waals surface area (Å²) >= 11 is 1.40. The van der Waals surface area contributed by atoms with Crippen LogP contribution in [0.25, 0.3) is 0 Å². The molecule has 1 saturated heterocycles. The number of hydrogen-bond acceptors (Lipinski definition) is 6. The van der Waals surface area contributed by atoms with E-state index in [1.165, 1.54) is 24.4 Å². The molecule has 0 bridgehead atoms. The molecule has 2 aliphatic rings. The van der Waals surface area contributed by atoms with Crippen LogP contribution in [0.1, 0.15) is 30.7 Å². The second-order valence-electron chi connectivity index (χ2n) is 5.25. The Morgan fingerprint density at radius 3 is 2.90 bits per heavy atom. The van der Waals surface area contributed by atoms with Crippen molar-refractivity contribution in [1.82, 2.24) is 9.27 Å². The Hall–Kier alpha value is -1.34. The van der Waals surface area contributed by atoms with Crippen LogP contribution in [0.2, 0.25) is 0 Å². The van der Waals surface area contributed by atoms with Crippen LogP contribution in [-0.4, -0.2) is 48.0 Å². The highest BCUT2D eigenvalue weighted by molar-refractivity contribution is 7.10. The number of nitrogens with zero attached hydrogens (tertiary/aromatic N) is 2. The summed E-state index contributed by atoms with van der Waals surface area (Å²) in [4.78, 5) is 13.9. The van der Waals surface area contributed by atoms with E-state index in [9.17, 15) is 4.79 Å². The fourth-order valence-electron chi connectivity index (χ4n) is 2.46. The second kappa shape index (κ2) is 5.97. The van der Waals surface area contributed by atoms with Gasteiger partial charge in [0.15, 0.2) is 0 Å². The smallest absolute Gasteiger partial charge is 0.224 e. The zero-order chi connectivity index (χ0) is 13.9. The van der Waals surface area contributed by atoms with Crippen LogP contribution < -0.4 is 11.1 Å². The number of anilines is 2. The Bertz CT molecular complexity index is 481. The van der Waals surface area contributed by atoms with Gasteiger partial charge in [-0.05, 0) is 30.3 Å². The van der Waals surface area contributed by atoms with E-state index in [0.29, 0.717) is 51.0 Å². The van der Waals surface area contributed by atoms with Crippen molar-refractivity contribution in [2.75, 3.05) is 43.9 Å². The van der Waals surface area contributed by atoms with E-state index >= 15 is 0 Å². The minimum absolute atomic E-state index is 0.186. The molecule has 2 fully saturated rings. The largest absolute Gasteiger partial charge is 0.383 e. The van der Waals surface area contributed by atoms with Gasteiger partial charge in [-0.15, -0.1) is 0 Å². The lowest BCUT2D eigenvalue weighted by atomic mass is 10.2. The maximum atomic E-state index is 12.0. The van der Waals surface area contributed by atoms with Gasteiger partial charge < -0.3 is 20.7 Å². The van der Waals surface area contributed by atoms with Crippen LogP contribution in [-0.2, 0) is 9.53 Å². The molecule has 2 heterocycles. The molecule has 3 rings (SSSR count). The van der Waals surface area contributed by atoms with Gasteiger partial charge in [-0.3, -0.25) is 4.79 Å². The number of morpholine rings is 1. The highest BCUT2D eigenvalue weighted by atomic mass is 32.1. The van der Waals surface area contributed by atoms with Crippen LogP contribution in [0, 0.1) is 0 Å². The number of rotatable bonds is 5. The summed E-state index contributed by atoms with van der Waals surface area (Å²) in [6.45, 7) is 3.35. The molecular formula is C13H20N4O2S. The molecule has 0 unspecified atom stereocenters. The number of nitrogen functional groups attached to an aromatic ring is 1. The maximum Gasteiger partial charge on any atom is 0.224 e. The predicted molar refractivity (Wildman–Crippen MR) is 79.0 cm³/mol. The van der Waals surface area contributed by atoms with Gasteiger partial charge >= 0.3 is 0 Å². The summed E-state index contributed by atoms with van der Waals surface area (Å²) in [5, 5.41) is 4.36. The van der Waals surface area contributed by atoms with Crippen LogP contribution in [0.15, 0.2) is 0 Å². The normalized spacial score (nSPS) is 19.1. The number of carbonyl (C=O) groups is 1. The number of amides is 1. The first-order chi connectivity index (χ1) is 9.75. The van der Waals surface area contributed by atoms with Crippen molar-refractivity contribution < 1.29 is 9.53 Å². The Kier molecular flexibility index (Phi) is 4.07. The first kappa shape index (κ1) is 13.6. The molecule has 3 N–H and O–H groups in total. The van der Waals surface area contributed by atoms with Crippen LogP contribution in [0.4, 0.5) is 10.8 Å². The van der Waals surface area contributed by atoms with Gasteiger partial charge in [-0.2, -0.15) is 4.37 Å². The van der Waals surface area contributed by atoms with Crippen LogP contribution in [0.5, 0.6) is 0 Å². The molecule has 0 atom stereocenters. The van der Waals surface area contributed by atoms with E-state index in [0.717, 1.165) is 10.6 Å². The van der Waals surface area contributed by atoms with Gasteiger partial charge in [-0.25, -0.2) is 0 Å². The van der Waals surface area contributed by atoms with Gasteiger partial charge in [0.1, 0.15) is 10.8 Å². The molecular weight excluding hydrogens is 276 g/mol. The zero-order valence-corrected chi connectivity index (χ0v) is 12.2. The molecule has 1 aromatic heterocycles. The number of nitrogens with one attached hydrogen (secondary N) is 1. The molecule has 0 spiro atoms. The Labute approximate surface area is 122 Å². The fourth-order valence-corrected chi connectivity index (χ4v) is 3.28. The van der Waals surface area contributed by atoms with E-state index in [1.807, 2.05) is 4.90 Å². The van der Waals surface area contributed by atoms with Crippen molar-refractivity contribution in [3.05, 3.63) is 5.56 Å². The molecule has 1 amide bonds. The Morgan fingerprint density at radius 1 is 1.45 bits per heavy atom. The Balaban J connectivity index is 1.48. The van der Waals surface area contributed by atoms with Crippen molar-refractivity contribution in [2.24, 2.45) is 0 Å². The SMILES string of the molecule is Nc1nsc(NCCC(=O)N2CCOCC2)c1C1CC1. The third kappa shape index (κ3) is 3.04. The molecule has 1 aliphatic carbocycles. The first-order valence-electron chi connectivity index (χ1n) is 7.10. The van der Waals surface area contributed by atoms with Crippen LogP contribution >= 0.6 is 11.5 Å². The minimum atomic E-state index is 0.186. The molecule has 6 nitrogen and oxygen atoms in total. The quantitative estimate of drug-likeness (QED) is 0.855. The predicted octanol–water partition coefficient (Wildman–Crippen LogP) is 1.26. The van der Waals surface area contributed by atoms with Gasteiger partial charge in [0, 0.05) is 31.6 Å². The number of hydrogen-bond donors (Lipinski definition) is 2. The second-order valence-corrected chi connectivity index (χ2v) is 6.03. The highest BCUT2D eigenvalue weighted by Crippen LogP contribution is 2.47. The third-order valence-electron chi connectivity index (χ3n) is 3.73. The number of ether oxygens (including phenoxy) is 1. The average Bonchev–Trinajstić information content (AvgIpc) is 3.24. The summed E-state index contributed by atoms with van der Waals surface area (Å²) in [5.41, 5.74) is 7.06. The molecule has 1 aliphatic heterocycles. The minimum Gasteiger partial charge on any atom is -0.383 e. The molecule has 20 heavy (non-hydrogen) atoms. The van der Waals surface area contributed by atoms with Crippen molar-refractivity contribution in [3.8, 4) is 0 Å². The molecule has 0 radical (unpaired) electrons. The average molecular weight is 296 g/mol. The number of aromatic nitrogens is 1. The van der Waals surface area contributed by atoms with E-state index in [4.69, 9.17) is 10.5 Å². The van der Waals surface area contributed by atoms with Gasteiger partial charge in [-0.1, -0.05) is 0 Å². The van der Waals surface area contributed by atoms with E-state index in [-0.39, 0.29) is 5.91 Å². The molecule has 1 saturated carbocycles. The number of carbonyl (C=O) groups excluding carboxylic acids is 1. The summed E-state index contributed by atoms with van der Waals surface area (Å²) < 4.78 is 9.46. The van der Waals surface area contributed by atoms with Crippen molar-refractivity contribution in [1.29, 1.82) is 0 Å². The van der Waals surface area contributed by atoms with E-state index in [1.54, 1.807) is 0 Å². The number of nitrogens with two attached hydrogens (primary N) is 1. The molecule has 110 valence electrons. The van der Waals surface area contributed by atoms with E-state index < -0.39 is 0 Å². The summed E-state index contributed by atoms with van der Waals surface area (Å²) in [5.74, 6) is 1.41. The van der Waals surface area contributed by atoms with Crippen molar-refractivity contribution >= 4 is 28.3 Å². The lowest BCUT2D eigenvalue weighted by Crippen LogP contribution is -2.41. The van der Waals surface area contributed by atoms with Crippen LogP contribution in [0.3, 0.4) is 0 Å². The zero-order valence-electron chi connectivity index (χ0n) is 11.4. The lowest BCUT2D eigenvalue weighted by Gasteiger charge is -2.26. The summed E-state index contributed by atoms with van der Waals surface area (Å²) in [7, 11) is 0. The molecule has 7 heteroatoms. The topological polar surface area (TPSA) is 80.5 Å². The molecule has 0 aromatic carbocycles. The fraction of sp³-hybridized carbons (Fsp3) is 0.692. The first-order valence-corrected chi connectivity index (χ1v) is 7.87. The maximum absolute atomic E-state index is 12.0. The summed E-state index contributed by atoms with van der Waals surface area (Å²) in [6, 6.07) is 0.